The Bertz CT molecular complexity index is 917. The molecular formula is C17H18N2O4S. The van der Waals surface area contributed by atoms with E-state index in [9.17, 15) is 4.79 Å². The Hall–Kier alpha value is -2.28. The van der Waals surface area contributed by atoms with Gasteiger partial charge in [-0.15, -0.1) is 10.2 Å². The second-order valence-corrected chi connectivity index (χ2v) is 6.12. The standard InChI is InChI=1S/C17H18N2O4S/c1-4-5-11-8-15(20)23-16-10(2)13(7-6-12(11)16)21-9-14-18-19-17(22-14)24-3/h6-8H,4-5,9H2,1-3H3. The molecule has 0 radical (unpaired) electrons. The Morgan fingerprint density at radius 3 is 2.79 bits per heavy atom. The van der Waals surface area contributed by atoms with E-state index in [1.54, 1.807) is 6.07 Å². The Morgan fingerprint density at radius 1 is 1.25 bits per heavy atom. The molecule has 0 amide bonds. The summed E-state index contributed by atoms with van der Waals surface area (Å²) in [6, 6.07) is 5.36. The zero-order valence-corrected chi connectivity index (χ0v) is 14.6. The topological polar surface area (TPSA) is 78.4 Å². The summed E-state index contributed by atoms with van der Waals surface area (Å²) in [5, 5.41) is 9.23. The lowest BCUT2D eigenvalue weighted by Gasteiger charge is -2.11. The van der Waals surface area contributed by atoms with Crippen molar-refractivity contribution in [1.29, 1.82) is 0 Å². The average Bonchev–Trinajstić information content (AvgIpc) is 3.03. The molecule has 2 heterocycles. The molecule has 0 aliphatic heterocycles. The molecule has 24 heavy (non-hydrogen) atoms. The van der Waals surface area contributed by atoms with Gasteiger partial charge in [0.25, 0.3) is 11.1 Å². The summed E-state index contributed by atoms with van der Waals surface area (Å²) >= 11 is 1.38. The number of aryl methyl sites for hydroxylation is 2. The molecule has 0 bridgehead atoms. The number of benzene rings is 1. The molecule has 0 aliphatic rings. The number of rotatable bonds is 6. The van der Waals surface area contributed by atoms with Crippen molar-refractivity contribution in [3.05, 3.63) is 45.6 Å². The van der Waals surface area contributed by atoms with Crippen LogP contribution in [0.5, 0.6) is 5.75 Å². The quantitative estimate of drug-likeness (QED) is 0.497. The average molecular weight is 346 g/mol. The lowest BCUT2D eigenvalue weighted by atomic mass is 10.0. The molecule has 1 aromatic carbocycles. The van der Waals surface area contributed by atoms with Crippen molar-refractivity contribution in [2.45, 2.75) is 38.5 Å². The number of nitrogens with zero attached hydrogens (tertiary/aromatic N) is 2. The summed E-state index contributed by atoms with van der Waals surface area (Å²) < 4.78 is 16.6. The predicted molar refractivity (Wildman–Crippen MR) is 91.6 cm³/mol. The van der Waals surface area contributed by atoms with Crippen LogP contribution in [-0.2, 0) is 13.0 Å². The Morgan fingerprint density at radius 2 is 2.08 bits per heavy atom. The van der Waals surface area contributed by atoms with Gasteiger partial charge in [0, 0.05) is 17.0 Å². The summed E-state index contributed by atoms with van der Waals surface area (Å²) in [5.41, 5.74) is 2.01. The lowest BCUT2D eigenvalue weighted by Crippen LogP contribution is -2.03. The molecule has 3 rings (SSSR count). The third kappa shape index (κ3) is 3.31. The van der Waals surface area contributed by atoms with Crippen LogP contribution in [0.15, 0.2) is 37.1 Å². The largest absolute Gasteiger partial charge is 0.483 e. The first-order valence-corrected chi connectivity index (χ1v) is 8.90. The van der Waals surface area contributed by atoms with Gasteiger partial charge in [0.15, 0.2) is 6.61 Å². The molecule has 7 heteroatoms. The number of hydrogen-bond donors (Lipinski definition) is 0. The van der Waals surface area contributed by atoms with Crippen LogP contribution in [0.4, 0.5) is 0 Å². The highest BCUT2D eigenvalue weighted by Crippen LogP contribution is 2.29. The van der Waals surface area contributed by atoms with Crippen LogP contribution >= 0.6 is 11.8 Å². The van der Waals surface area contributed by atoms with Crippen LogP contribution in [-0.4, -0.2) is 16.5 Å². The predicted octanol–water partition coefficient (Wildman–Crippen LogP) is 3.74. The van der Waals surface area contributed by atoms with E-state index in [-0.39, 0.29) is 12.2 Å². The third-order valence-corrected chi connectivity index (χ3v) is 4.20. The Balaban J connectivity index is 1.91. The summed E-state index contributed by atoms with van der Waals surface area (Å²) in [7, 11) is 0. The van der Waals surface area contributed by atoms with E-state index in [0.29, 0.717) is 22.4 Å². The molecule has 2 aromatic heterocycles. The second-order valence-electron chi connectivity index (χ2n) is 5.36. The maximum Gasteiger partial charge on any atom is 0.336 e. The van der Waals surface area contributed by atoms with Gasteiger partial charge < -0.3 is 13.6 Å². The van der Waals surface area contributed by atoms with E-state index in [1.807, 2.05) is 25.3 Å². The molecule has 0 fully saturated rings. The van der Waals surface area contributed by atoms with Gasteiger partial charge in [0.1, 0.15) is 11.3 Å². The van der Waals surface area contributed by atoms with Gasteiger partial charge in [-0.25, -0.2) is 4.79 Å². The van der Waals surface area contributed by atoms with Crippen molar-refractivity contribution in [2.75, 3.05) is 6.26 Å². The molecule has 126 valence electrons. The van der Waals surface area contributed by atoms with Crippen molar-refractivity contribution in [2.24, 2.45) is 0 Å². The first kappa shape index (κ1) is 16.6. The Labute approximate surface area is 143 Å². The number of hydrogen-bond acceptors (Lipinski definition) is 7. The highest BCUT2D eigenvalue weighted by atomic mass is 32.2. The molecule has 0 atom stereocenters. The van der Waals surface area contributed by atoms with Gasteiger partial charge in [-0.1, -0.05) is 25.1 Å². The van der Waals surface area contributed by atoms with Gasteiger partial charge in [0.2, 0.25) is 0 Å². The van der Waals surface area contributed by atoms with Crippen molar-refractivity contribution < 1.29 is 13.6 Å². The molecule has 0 spiro atoms. The van der Waals surface area contributed by atoms with Crippen LogP contribution in [0.1, 0.15) is 30.4 Å². The van der Waals surface area contributed by atoms with Crippen LogP contribution in [0.3, 0.4) is 0 Å². The van der Waals surface area contributed by atoms with Crippen LogP contribution in [0.25, 0.3) is 11.0 Å². The smallest absolute Gasteiger partial charge is 0.336 e. The van der Waals surface area contributed by atoms with Crippen LogP contribution < -0.4 is 10.4 Å². The molecule has 6 nitrogen and oxygen atoms in total. The molecule has 0 saturated carbocycles. The van der Waals surface area contributed by atoms with E-state index < -0.39 is 0 Å². The number of fused-ring (bicyclic) bond motifs is 1. The summed E-state index contributed by atoms with van der Waals surface area (Å²) in [4.78, 5) is 11.8. The number of thioether (sulfide) groups is 1. The highest BCUT2D eigenvalue weighted by Gasteiger charge is 2.13. The summed E-state index contributed by atoms with van der Waals surface area (Å²) in [6.07, 6.45) is 3.66. The monoisotopic (exact) mass is 346 g/mol. The normalized spacial score (nSPS) is 11.1. The van der Waals surface area contributed by atoms with Crippen molar-refractivity contribution in [3.8, 4) is 5.75 Å². The van der Waals surface area contributed by atoms with E-state index in [4.69, 9.17) is 13.6 Å². The lowest BCUT2D eigenvalue weighted by molar-refractivity contribution is 0.251. The molecule has 0 aliphatic carbocycles. The second kappa shape index (κ2) is 7.09. The summed E-state index contributed by atoms with van der Waals surface area (Å²) in [6.45, 7) is 4.12. The number of ether oxygens (including phenoxy) is 1. The van der Waals surface area contributed by atoms with Crippen LogP contribution in [0, 0.1) is 6.92 Å². The fourth-order valence-corrected chi connectivity index (χ4v) is 2.86. The third-order valence-electron chi connectivity index (χ3n) is 3.69. The minimum atomic E-state index is -0.340. The SMILES string of the molecule is CCCc1cc(=O)oc2c(C)c(OCc3nnc(SC)o3)ccc12. The maximum absolute atomic E-state index is 11.8. The van der Waals surface area contributed by atoms with E-state index in [0.717, 1.165) is 29.4 Å². The van der Waals surface area contributed by atoms with Gasteiger partial charge in [-0.2, -0.15) is 0 Å². The number of aromatic nitrogens is 2. The molecule has 0 saturated heterocycles. The van der Waals surface area contributed by atoms with Gasteiger partial charge >= 0.3 is 5.63 Å². The van der Waals surface area contributed by atoms with E-state index in [1.165, 1.54) is 11.8 Å². The van der Waals surface area contributed by atoms with Gasteiger partial charge in [0.05, 0.1) is 0 Å². The molecular weight excluding hydrogens is 328 g/mol. The van der Waals surface area contributed by atoms with Crippen LogP contribution in [0.2, 0.25) is 0 Å². The first-order valence-electron chi connectivity index (χ1n) is 7.68. The minimum Gasteiger partial charge on any atom is -0.483 e. The van der Waals surface area contributed by atoms with Crippen molar-refractivity contribution >= 4 is 22.7 Å². The van der Waals surface area contributed by atoms with Gasteiger partial charge in [-0.3, -0.25) is 0 Å². The maximum atomic E-state index is 11.8. The zero-order valence-electron chi connectivity index (χ0n) is 13.8. The fourth-order valence-electron chi connectivity index (χ4n) is 2.56. The van der Waals surface area contributed by atoms with Crippen molar-refractivity contribution in [1.82, 2.24) is 10.2 Å². The minimum absolute atomic E-state index is 0.165. The zero-order chi connectivity index (χ0) is 17.1. The van der Waals surface area contributed by atoms with E-state index in [2.05, 4.69) is 17.1 Å². The first-order chi connectivity index (χ1) is 11.6. The van der Waals surface area contributed by atoms with E-state index >= 15 is 0 Å². The Kier molecular flexibility index (Phi) is 4.89. The fraction of sp³-hybridized carbons (Fsp3) is 0.353. The summed E-state index contributed by atoms with van der Waals surface area (Å²) in [5.74, 6) is 1.03. The van der Waals surface area contributed by atoms with Crippen molar-refractivity contribution in [3.63, 3.8) is 0 Å². The highest BCUT2D eigenvalue weighted by molar-refractivity contribution is 7.98. The molecule has 3 aromatic rings. The van der Waals surface area contributed by atoms with Gasteiger partial charge in [-0.05, 0) is 37.3 Å². The molecule has 0 N–H and O–H groups in total. The molecule has 0 unspecified atom stereocenters.